The minimum atomic E-state index is 0.528. The van der Waals surface area contributed by atoms with Gasteiger partial charge >= 0.3 is 0 Å². The summed E-state index contributed by atoms with van der Waals surface area (Å²) in [5.41, 5.74) is 0.921. The van der Waals surface area contributed by atoms with Crippen LogP contribution in [0.3, 0.4) is 0 Å². The molecule has 0 amide bonds. The molecule has 0 spiro atoms. The normalized spacial score (nSPS) is 10.4. The zero-order chi connectivity index (χ0) is 13.0. The number of nitrogens with one attached hydrogen (secondary N) is 1. The van der Waals surface area contributed by atoms with Gasteiger partial charge in [0.2, 0.25) is 0 Å². The molecule has 0 aliphatic rings. The molecule has 2 rings (SSSR count). The van der Waals surface area contributed by atoms with Gasteiger partial charge in [0.15, 0.2) is 5.13 Å². The van der Waals surface area contributed by atoms with E-state index in [-0.39, 0.29) is 0 Å². The lowest BCUT2D eigenvalue weighted by molar-refractivity contribution is 0.337. The first-order valence-corrected chi connectivity index (χ1v) is 7.08. The molecule has 0 radical (unpaired) electrons. The van der Waals surface area contributed by atoms with Gasteiger partial charge in [-0.2, -0.15) is 0 Å². The third kappa shape index (κ3) is 3.28. The zero-order valence-electron chi connectivity index (χ0n) is 9.74. The molecule has 0 fully saturated rings. The molecule has 6 heteroatoms. The van der Waals surface area contributed by atoms with Crippen LogP contribution in [-0.4, -0.2) is 11.6 Å². The molecular weight excluding hydrogens is 291 g/mol. The monoisotopic (exact) mass is 302 g/mol. The molecule has 1 aromatic heterocycles. The second-order valence-electron chi connectivity index (χ2n) is 3.50. The molecule has 1 aromatic carbocycles. The lowest BCUT2D eigenvalue weighted by Crippen LogP contribution is -2.03. The van der Waals surface area contributed by atoms with Crippen molar-refractivity contribution < 1.29 is 4.74 Å². The molecule has 1 heterocycles. The van der Waals surface area contributed by atoms with Crippen LogP contribution < -0.4 is 10.1 Å². The van der Waals surface area contributed by atoms with Crippen molar-refractivity contribution in [3.8, 4) is 5.75 Å². The summed E-state index contributed by atoms with van der Waals surface area (Å²) in [5, 5.41) is 7.10. The fourth-order valence-corrected chi connectivity index (χ4v) is 2.65. The maximum Gasteiger partial charge on any atom is 0.182 e. The summed E-state index contributed by atoms with van der Waals surface area (Å²) in [7, 11) is 0. The maximum absolute atomic E-state index is 6.12. The number of hydrogen-bond donors (Lipinski definition) is 1. The summed E-state index contributed by atoms with van der Waals surface area (Å²) in [5.74, 6) is 0.674. The molecule has 0 saturated heterocycles. The molecule has 3 nitrogen and oxygen atoms in total. The largest absolute Gasteiger partial charge is 0.492 e. The fourth-order valence-electron chi connectivity index (χ4n) is 1.53. The van der Waals surface area contributed by atoms with Crippen LogP contribution in [0.4, 0.5) is 5.13 Å². The highest BCUT2D eigenvalue weighted by atomic mass is 35.5. The van der Waals surface area contributed by atoms with Crippen LogP contribution in [0.15, 0.2) is 23.7 Å². The summed E-state index contributed by atoms with van der Waals surface area (Å²) in [4.78, 5) is 4.15. The summed E-state index contributed by atoms with van der Waals surface area (Å²) in [6.45, 7) is 3.05. The molecule has 0 saturated carbocycles. The standard InChI is InChI=1S/C12H12Cl2N2OS/c1-2-17-11-8(5-9(13)6-10(11)14)7-16-12-15-3-4-18-12/h3-6H,2,7H2,1H3,(H,15,16). The van der Waals surface area contributed by atoms with Crippen LogP contribution in [0.1, 0.15) is 12.5 Å². The van der Waals surface area contributed by atoms with Gasteiger partial charge in [0.05, 0.1) is 11.6 Å². The number of aromatic nitrogens is 1. The van der Waals surface area contributed by atoms with Gasteiger partial charge in [-0.05, 0) is 19.1 Å². The number of hydrogen-bond acceptors (Lipinski definition) is 4. The van der Waals surface area contributed by atoms with E-state index in [2.05, 4.69) is 10.3 Å². The highest BCUT2D eigenvalue weighted by molar-refractivity contribution is 7.13. The number of nitrogens with zero attached hydrogens (tertiary/aromatic N) is 1. The van der Waals surface area contributed by atoms with Crippen molar-refractivity contribution in [2.45, 2.75) is 13.5 Å². The summed E-state index contributed by atoms with van der Waals surface area (Å²) < 4.78 is 5.55. The first kappa shape index (κ1) is 13.5. The Morgan fingerprint density at radius 3 is 2.89 bits per heavy atom. The number of benzene rings is 1. The molecule has 2 aromatic rings. The average molecular weight is 303 g/mol. The van der Waals surface area contributed by atoms with Crippen LogP contribution in [0.25, 0.3) is 0 Å². The van der Waals surface area contributed by atoms with Crippen molar-refractivity contribution in [2.75, 3.05) is 11.9 Å². The van der Waals surface area contributed by atoms with E-state index >= 15 is 0 Å². The SMILES string of the molecule is CCOc1c(Cl)cc(Cl)cc1CNc1nccs1. The van der Waals surface area contributed by atoms with Crippen molar-refractivity contribution >= 4 is 39.7 Å². The van der Waals surface area contributed by atoms with Gasteiger partial charge in [0.1, 0.15) is 5.75 Å². The molecule has 0 atom stereocenters. The highest BCUT2D eigenvalue weighted by Crippen LogP contribution is 2.33. The van der Waals surface area contributed by atoms with E-state index in [1.807, 2.05) is 18.4 Å². The Labute approximate surface area is 120 Å². The van der Waals surface area contributed by atoms with Crippen LogP contribution in [0.2, 0.25) is 10.0 Å². The number of thiazole rings is 1. The van der Waals surface area contributed by atoms with Gasteiger partial charge in [0, 0.05) is 28.7 Å². The van der Waals surface area contributed by atoms with Gasteiger partial charge in [-0.25, -0.2) is 4.98 Å². The first-order valence-electron chi connectivity index (χ1n) is 5.44. The minimum Gasteiger partial charge on any atom is -0.492 e. The number of halogens is 2. The highest BCUT2D eigenvalue weighted by Gasteiger charge is 2.10. The van der Waals surface area contributed by atoms with Crippen molar-refractivity contribution in [3.05, 3.63) is 39.3 Å². The Kier molecular flexibility index (Phi) is 4.69. The Morgan fingerprint density at radius 2 is 2.22 bits per heavy atom. The first-order chi connectivity index (χ1) is 8.70. The Hall–Kier alpha value is -0.970. The molecule has 0 bridgehead atoms. The van der Waals surface area contributed by atoms with E-state index in [1.54, 1.807) is 23.6 Å². The predicted molar refractivity (Wildman–Crippen MR) is 77.1 cm³/mol. The topological polar surface area (TPSA) is 34.1 Å². The van der Waals surface area contributed by atoms with Crippen LogP contribution >= 0.6 is 34.5 Å². The van der Waals surface area contributed by atoms with Crippen LogP contribution in [-0.2, 0) is 6.54 Å². The third-order valence-corrected chi connectivity index (χ3v) is 3.47. The Morgan fingerprint density at radius 1 is 1.39 bits per heavy atom. The van der Waals surface area contributed by atoms with Crippen LogP contribution in [0, 0.1) is 0 Å². The van der Waals surface area contributed by atoms with E-state index < -0.39 is 0 Å². The summed E-state index contributed by atoms with van der Waals surface area (Å²) in [6, 6.07) is 3.53. The lowest BCUT2D eigenvalue weighted by Gasteiger charge is -2.13. The minimum absolute atomic E-state index is 0.528. The zero-order valence-corrected chi connectivity index (χ0v) is 12.1. The van der Waals surface area contributed by atoms with Gasteiger partial charge in [-0.1, -0.05) is 23.2 Å². The van der Waals surface area contributed by atoms with E-state index in [1.165, 1.54) is 0 Å². The Bertz CT molecular complexity index is 517. The van der Waals surface area contributed by atoms with Gasteiger partial charge in [0.25, 0.3) is 0 Å². The van der Waals surface area contributed by atoms with E-state index in [4.69, 9.17) is 27.9 Å². The third-order valence-electron chi connectivity index (χ3n) is 2.24. The van der Waals surface area contributed by atoms with Gasteiger partial charge < -0.3 is 10.1 Å². The number of rotatable bonds is 5. The predicted octanol–water partition coefficient (Wildman–Crippen LogP) is 4.46. The van der Waals surface area contributed by atoms with Crippen molar-refractivity contribution in [3.63, 3.8) is 0 Å². The number of ether oxygens (including phenoxy) is 1. The summed E-state index contributed by atoms with van der Waals surface area (Å²) in [6.07, 6.45) is 1.75. The lowest BCUT2D eigenvalue weighted by atomic mass is 10.2. The van der Waals surface area contributed by atoms with Gasteiger partial charge in [-0.3, -0.25) is 0 Å². The second-order valence-corrected chi connectivity index (χ2v) is 5.24. The molecule has 0 aliphatic carbocycles. The molecular formula is C12H12Cl2N2OS. The molecule has 0 aliphatic heterocycles. The number of anilines is 1. The van der Waals surface area contributed by atoms with Gasteiger partial charge in [-0.15, -0.1) is 11.3 Å². The van der Waals surface area contributed by atoms with Crippen molar-refractivity contribution in [1.82, 2.24) is 4.98 Å². The molecule has 18 heavy (non-hydrogen) atoms. The van der Waals surface area contributed by atoms with Crippen molar-refractivity contribution in [2.24, 2.45) is 0 Å². The van der Waals surface area contributed by atoms with E-state index in [0.717, 1.165) is 10.7 Å². The van der Waals surface area contributed by atoms with E-state index in [9.17, 15) is 0 Å². The molecule has 1 N–H and O–H groups in total. The Balaban J connectivity index is 2.19. The van der Waals surface area contributed by atoms with E-state index in [0.29, 0.717) is 28.9 Å². The fraction of sp³-hybridized carbons (Fsp3) is 0.250. The average Bonchev–Trinajstić information content (AvgIpc) is 2.83. The maximum atomic E-state index is 6.12. The quantitative estimate of drug-likeness (QED) is 0.885. The smallest absolute Gasteiger partial charge is 0.182 e. The van der Waals surface area contributed by atoms with Crippen molar-refractivity contribution in [1.29, 1.82) is 0 Å². The second kappa shape index (κ2) is 6.27. The molecule has 96 valence electrons. The molecule has 0 unspecified atom stereocenters. The van der Waals surface area contributed by atoms with Crippen LogP contribution in [0.5, 0.6) is 5.75 Å². The summed E-state index contributed by atoms with van der Waals surface area (Å²) >= 11 is 13.7.